The molecule has 0 spiro atoms. The van der Waals surface area contributed by atoms with E-state index in [1.807, 2.05) is 36.4 Å². The normalized spacial score (nSPS) is 18.5. The maximum Gasteiger partial charge on any atom is 0.309 e. The Bertz CT molecular complexity index is 1170. The highest BCUT2D eigenvalue weighted by molar-refractivity contribution is 5.71. The van der Waals surface area contributed by atoms with Gasteiger partial charge >= 0.3 is 5.97 Å². The maximum atomic E-state index is 13.5. The fourth-order valence-corrected chi connectivity index (χ4v) is 5.23. The minimum absolute atomic E-state index is 0.0639. The van der Waals surface area contributed by atoms with Gasteiger partial charge in [0.05, 0.1) is 5.92 Å². The van der Waals surface area contributed by atoms with Crippen LogP contribution in [0.25, 0.3) is 11.4 Å². The number of halogens is 1. The van der Waals surface area contributed by atoms with Gasteiger partial charge in [-0.3, -0.25) is 9.69 Å². The molecule has 2 aliphatic rings. The van der Waals surface area contributed by atoms with Gasteiger partial charge in [-0.2, -0.15) is 4.98 Å². The summed E-state index contributed by atoms with van der Waals surface area (Å²) in [6.07, 6.45) is 10.6. The number of nitrogens with zero attached hydrogens (tertiary/aromatic N) is 3. The Morgan fingerprint density at radius 1 is 1.09 bits per heavy atom. The second-order valence-electron chi connectivity index (χ2n) is 9.77. The zero-order valence-electron chi connectivity index (χ0n) is 19.7. The number of hydrogen-bond acceptors (Lipinski definition) is 5. The number of rotatable bonds is 8. The molecule has 0 atom stereocenters. The van der Waals surface area contributed by atoms with Crippen LogP contribution in [0.4, 0.5) is 4.39 Å². The molecule has 7 heteroatoms. The number of hydrogen-bond donors (Lipinski definition) is 1. The minimum Gasteiger partial charge on any atom is -0.481 e. The van der Waals surface area contributed by atoms with Crippen LogP contribution in [0.3, 0.4) is 0 Å². The van der Waals surface area contributed by atoms with E-state index in [0.717, 1.165) is 36.1 Å². The van der Waals surface area contributed by atoms with E-state index in [4.69, 9.17) is 9.63 Å². The smallest absolute Gasteiger partial charge is 0.309 e. The van der Waals surface area contributed by atoms with Crippen molar-refractivity contribution in [3.63, 3.8) is 0 Å². The summed E-state index contributed by atoms with van der Waals surface area (Å²) in [7, 11) is 0. The van der Waals surface area contributed by atoms with Crippen LogP contribution >= 0.6 is 0 Å². The molecule has 1 saturated heterocycles. The van der Waals surface area contributed by atoms with Crippen molar-refractivity contribution >= 4 is 5.97 Å². The van der Waals surface area contributed by atoms with Crippen LogP contribution in [0.2, 0.25) is 0 Å². The van der Waals surface area contributed by atoms with Crippen molar-refractivity contribution in [3.05, 3.63) is 83.5 Å². The van der Waals surface area contributed by atoms with E-state index in [0.29, 0.717) is 31.2 Å². The van der Waals surface area contributed by atoms with Gasteiger partial charge in [-0.25, -0.2) is 4.39 Å². The monoisotopic (exact) mass is 475 g/mol. The molecular formula is C28H30FN3O3. The Kier molecular flexibility index (Phi) is 6.77. The van der Waals surface area contributed by atoms with Gasteiger partial charge < -0.3 is 9.63 Å². The minimum atomic E-state index is -0.719. The summed E-state index contributed by atoms with van der Waals surface area (Å²) in [6, 6.07) is 14.9. The van der Waals surface area contributed by atoms with Gasteiger partial charge in [0.15, 0.2) is 0 Å². The lowest BCUT2D eigenvalue weighted by Gasteiger charge is -2.36. The average molecular weight is 476 g/mol. The first kappa shape index (κ1) is 23.4. The summed E-state index contributed by atoms with van der Waals surface area (Å²) in [5.41, 5.74) is 3.11. The van der Waals surface area contributed by atoms with Gasteiger partial charge in [0.25, 0.3) is 0 Å². The molecule has 1 N–H and O–H groups in total. The molecular weight excluding hydrogens is 445 g/mol. The molecule has 2 fully saturated rings. The third kappa shape index (κ3) is 5.35. The molecule has 1 aromatic heterocycles. The first-order chi connectivity index (χ1) is 17.0. The molecule has 0 amide bonds. The van der Waals surface area contributed by atoms with E-state index < -0.39 is 5.97 Å². The summed E-state index contributed by atoms with van der Waals surface area (Å²) in [5, 5.41) is 13.2. The fraction of sp³-hybridized carbons (Fsp3) is 0.393. The first-order valence-corrected chi connectivity index (χ1v) is 12.3. The Hall–Kier alpha value is -3.32. The van der Waals surface area contributed by atoms with Crippen molar-refractivity contribution in [2.45, 2.75) is 50.5 Å². The van der Waals surface area contributed by atoms with Gasteiger partial charge in [-0.1, -0.05) is 73.0 Å². The Morgan fingerprint density at radius 3 is 2.49 bits per heavy atom. The van der Waals surface area contributed by atoms with Gasteiger partial charge in [0.2, 0.25) is 11.7 Å². The highest BCUT2D eigenvalue weighted by Crippen LogP contribution is 2.41. The van der Waals surface area contributed by atoms with Crippen molar-refractivity contribution < 1.29 is 18.8 Å². The highest BCUT2D eigenvalue weighted by atomic mass is 19.1. The van der Waals surface area contributed by atoms with Crippen LogP contribution in [0, 0.1) is 11.7 Å². The van der Waals surface area contributed by atoms with Gasteiger partial charge in [0.1, 0.15) is 5.82 Å². The van der Waals surface area contributed by atoms with E-state index in [1.54, 1.807) is 12.1 Å². The van der Waals surface area contributed by atoms with Gasteiger partial charge in [-0.15, -0.1) is 0 Å². The lowest BCUT2D eigenvalue weighted by atomic mass is 9.69. The second-order valence-corrected chi connectivity index (χ2v) is 9.77. The number of carboxylic acids is 1. The number of carboxylic acid groups (broad SMARTS) is 1. The molecule has 182 valence electrons. The van der Waals surface area contributed by atoms with Crippen LogP contribution in [0.15, 0.2) is 65.2 Å². The van der Waals surface area contributed by atoms with Crippen LogP contribution in [0.1, 0.15) is 49.1 Å². The Balaban J connectivity index is 1.21. The largest absolute Gasteiger partial charge is 0.481 e. The third-order valence-electron chi connectivity index (χ3n) is 7.29. The quantitative estimate of drug-likeness (QED) is 0.440. The molecule has 2 heterocycles. The van der Waals surface area contributed by atoms with Crippen molar-refractivity contribution in [1.29, 1.82) is 0 Å². The summed E-state index contributed by atoms with van der Waals surface area (Å²) < 4.78 is 19.0. The standard InChI is InChI=1S/C28H30FN3O3/c29-24-12-10-23(11-13-24)28(14-2-1-3-15-28)16-4-5-25-30-26(31-35-25)21-8-6-20(7-9-21)17-32-18-22(19-32)27(33)34/h4,6-13,16,22H,1-3,5,14-15,17-19H2,(H,33,34). The third-order valence-corrected chi connectivity index (χ3v) is 7.29. The number of aromatic nitrogens is 2. The average Bonchev–Trinajstić information content (AvgIpc) is 3.31. The highest BCUT2D eigenvalue weighted by Gasteiger charge is 2.32. The van der Waals surface area contributed by atoms with Gasteiger partial charge in [0, 0.05) is 37.0 Å². The van der Waals surface area contributed by atoms with Crippen molar-refractivity contribution in [2.24, 2.45) is 5.92 Å². The predicted molar refractivity (Wildman–Crippen MR) is 130 cm³/mol. The zero-order valence-corrected chi connectivity index (χ0v) is 19.7. The molecule has 5 rings (SSSR count). The lowest BCUT2D eigenvalue weighted by Crippen LogP contribution is -2.49. The molecule has 2 aromatic carbocycles. The van der Waals surface area contributed by atoms with E-state index in [9.17, 15) is 9.18 Å². The first-order valence-electron chi connectivity index (χ1n) is 12.3. The van der Waals surface area contributed by atoms with Crippen LogP contribution in [-0.4, -0.2) is 39.2 Å². The molecule has 0 radical (unpaired) electrons. The van der Waals surface area contributed by atoms with E-state index in [-0.39, 0.29) is 17.2 Å². The number of carbonyl (C=O) groups is 1. The van der Waals surface area contributed by atoms with Crippen molar-refractivity contribution in [1.82, 2.24) is 15.0 Å². The second kappa shape index (κ2) is 10.1. The number of likely N-dealkylation sites (tertiary alicyclic amines) is 1. The predicted octanol–water partition coefficient (Wildman–Crippen LogP) is 5.39. The molecule has 0 bridgehead atoms. The van der Waals surface area contributed by atoms with Gasteiger partial charge in [-0.05, 0) is 36.1 Å². The summed E-state index contributed by atoms with van der Waals surface area (Å²) in [6.45, 7) is 1.94. The number of benzene rings is 2. The number of allylic oxidation sites excluding steroid dienone is 2. The van der Waals surface area contributed by atoms with E-state index in [2.05, 4.69) is 27.2 Å². The topological polar surface area (TPSA) is 79.5 Å². The summed E-state index contributed by atoms with van der Waals surface area (Å²) in [5.74, 6) is -0.0533. The van der Waals surface area contributed by atoms with E-state index in [1.165, 1.54) is 19.3 Å². The molecule has 1 aliphatic heterocycles. The molecule has 3 aromatic rings. The van der Waals surface area contributed by atoms with E-state index >= 15 is 0 Å². The fourth-order valence-electron chi connectivity index (χ4n) is 5.23. The maximum absolute atomic E-state index is 13.5. The number of aliphatic carboxylic acids is 1. The zero-order chi connectivity index (χ0) is 24.3. The lowest BCUT2D eigenvalue weighted by molar-refractivity contribution is -0.147. The van der Waals surface area contributed by atoms with Crippen LogP contribution < -0.4 is 0 Å². The molecule has 35 heavy (non-hydrogen) atoms. The summed E-state index contributed by atoms with van der Waals surface area (Å²) in [4.78, 5) is 17.6. The van der Waals surface area contributed by atoms with Crippen LogP contribution in [0.5, 0.6) is 0 Å². The summed E-state index contributed by atoms with van der Waals surface area (Å²) >= 11 is 0. The molecule has 1 aliphatic carbocycles. The molecule has 6 nitrogen and oxygen atoms in total. The van der Waals surface area contributed by atoms with Crippen molar-refractivity contribution in [2.75, 3.05) is 13.1 Å². The van der Waals surface area contributed by atoms with Crippen LogP contribution in [-0.2, 0) is 23.2 Å². The van der Waals surface area contributed by atoms with Crippen molar-refractivity contribution in [3.8, 4) is 11.4 Å². The molecule has 0 unspecified atom stereocenters. The Labute approximate surface area is 204 Å². The Morgan fingerprint density at radius 2 is 1.80 bits per heavy atom. The molecule has 1 saturated carbocycles. The SMILES string of the molecule is O=C(O)C1CN(Cc2ccc(-c3noc(CC=CC4(c5ccc(F)cc5)CCCCC4)n3)cc2)C1.